The Morgan fingerprint density at radius 1 is 1.32 bits per heavy atom. The second-order valence-electron chi connectivity index (χ2n) is 5.67. The summed E-state index contributed by atoms with van der Waals surface area (Å²) < 4.78 is 26.8. The maximum Gasteiger partial charge on any atom is 0.248 e. The number of nitrogens with two attached hydrogens (primary N) is 2. The Bertz CT molecular complexity index is 650. The van der Waals surface area contributed by atoms with Crippen LogP contribution in [0.2, 0.25) is 0 Å². The van der Waals surface area contributed by atoms with E-state index in [1.165, 1.54) is 29.6 Å². The van der Waals surface area contributed by atoms with Crippen LogP contribution in [0.15, 0.2) is 27.6 Å². The Kier molecular flexibility index (Phi) is 7.50. The third-order valence-electron chi connectivity index (χ3n) is 3.07. The monoisotopic (exact) mass is 413 g/mol. The van der Waals surface area contributed by atoms with E-state index in [1.807, 2.05) is 13.8 Å². The number of hydrogen-bond acceptors (Lipinski definition) is 4. The number of nitrogens with zero attached hydrogens (tertiary/aromatic N) is 1. The van der Waals surface area contributed by atoms with Crippen LogP contribution in [0.1, 0.15) is 24.2 Å². The van der Waals surface area contributed by atoms with Crippen molar-refractivity contribution in [2.24, 2.45) is 16.9 Å². The van der Waals surface area contributed by atoms with Crippen LogP contribution in [-0.2, 0) is 10.0 Å². The molecule has 126 valence electrons. The minimum atomic E-state index is -3.72. The first kappa shape index (κ1) is 21.3. The molecule has 0 aliphatic carbocycles. The zero-order valence-corrected chi connectivity index (χ0v) is 15.9. The quantitative estimate of drug-likeness (QED) is 0.737. The van der Waals surface area contributed by atoms with E-state index >= 15 is 0 Å². The maximum atomic E-state index is 12.6. The molecule has 0 saturated carbocycles. The third-order valence-corrected chi connectivity index (χ3v) is 5.31. The lowest BCUT2D eigenvalue weighted by molar-refractivity contribution is 0.1000. The molecule has 0 saturated heterocycles. The molecule has 0 bridgehead atoms. The summed E-state index contributed by atoms with van der Waals surface area (Å²) in [5.41, 5.74) is 10.6. The van der Waals surface area contributed by atoms with Crippen LogP contribution in [0.3, 0.4) is 0 Å². The van der Waals surface area contributed by atoms with E-state index in [-0.39, 0.29) is 34.8 Å². The van der Waals surface area contributed by atoms with Crippen LogP contribution in [-0.4, -0.2) is 38.8 Å². The van der Waals surface area contributed by atoms with E-state index < -0.39 is 15.9 Å². The van der Waals surface area contributed by atoms with E-state index in [4.69, 9.17) is 11.5 Å². The fraction of sp³-hybridized carbons (Fsp3) is 0.462. The molecule has 1 aromatic carbocycles. The van der Waals surface area contributed by atoms with Gasteiger partial charge in [-0.25, -0.2) is 12.7 Å². The molecule has 1 amide bonds. The summed E-state index contributed by atoms with van der Waals surface area (Å²) in [5, 5.41) is 0. The van der Waals surface area contributed by atoms with Crippen molar-refractivity contribution in [2.45, 2.75) is 18.7 Å². The molecule has 6 nitrogen and oxygen atoms in total. The average Bonchev–Trinajstić information content (AvgIpc) is 2.37. The number of rotatable bonds is 6. The molecule has 4 N–H and O–H groups in total. The Labute approximate surface area is 145 Å². The summed E-state index contributed by atoms with van der Waals surface area (Å²) in [6.07, 6.45) is 0. The van der Waals surface area contributed by atoms with Gasteiger partial charge in [0.15, 0.2) is 0 Å². The van der Waals surface area contributed by atoms with Crippen molar-refractivity contribution in [3.8, 4) is 0 Å². The van der Waals surface area contributed by atoms with Crippen molar-refractivity contribution in [1.29, 1.82) is 0 Å². The average molecular weight is 415 g/mol. The highest BCUT2D eigenvalue weighted by Crippen LogP contribution is 2.24. The fourth-order valence-corrected chi connectivity index (χ4v) is 3.86. The van der Waals surface area contributed by atoms with Crippen molar-refractivity contribution in [1.82, 2.24) is 4.31 Å². The third kappa shape index (κ3) is 5.20. The molecule has 1 aromatic rings. The van der Waals surface area contributed by atoms with Crippen molar-refractivity contribution in [3.63, 3.8) is 0 Å². The minimum Gasteiger partial charge on any atom is -0.366 e. The van der Waals surface area contributed by atoms with Crippen molar-refractivity contribution in [2.75, 3.05) is 20.1 Å². The molecule has 0 aliphatic heterocycles. The number of hydrogen-bond donors (Lipinski definition) is 2. The highest BCUT2D eigenvalue weighted by Gasteiger charge is 2.28. The molecule has 0 spiro atoms. The van der Waals surface area contributed by atoms with Gasteiger partial charge in [0.25, 0.3) is 0 Å². The Balaban J connectivity index is 0.00000441. The summed E-state index contributed by atoms with van der Waals surface area (Å²) >= 11 is 3.19. The number of primary amides is 1. The lowest BCUT2D eigenvalue weighted by Crippen LogP contribution is -2.39. The first-order valence-corrected chi connectivity index (χ1v) is 8.50. The largest absolute Gasteiger partial charge is 0.366 e. The lowest BCUT2D eigenvalue weighted by atomic mass is 9.94. The molecule has 0 fully saturated rings. The summed E-state index contributed by atoms with van der Waals surface area (Å²) in [5.74, 6) is -0.683. The van der Waals surface area contributed by atoms with Gasteiger partial charge in [-0.3, -0.25) is 4.79 Å². The minimum absolute atomic E-state index is 0. The van der Waals surface area contributed by atoms with Gasteiger partial charge in [-0.2, -0.15) is 0 Å². The molecule has 0 aliphatic rings. The number of amides is 1. The van der Waals surface area contributed by atoms with Crippen molar-refractivity contribution in [3.05, 3.63) is 28.2 Å². The van der Waals surface area contributed by atoms with Gasteiger partial charge in [0.05, 0.1) is 4.90 Å². The van der Waals surface area contributed by atoms with Gasteiger partial charge in [-0.05, 0) is 30.2 Å². The van der Waals surface area contributed by atoms with Crippen LogP contribution >= 0.6 is 28.3 Å². The molecule has 0 heterocycles. The zero-order chi connectivity index (χ0) is 16.4. The molecular formula is C13H21BrClN3O3S. The second-order valence-corrected chi connectivity index (χ2v) is 8.63. The molecule has 22 heavy (non-hydrogen) atoms. The van der Waals surface area contributed by atoms with E-state index in [0.717, 1.165) is 0 Å². The Morgan fingerprint density at radius 3 is 2.32 bits per heavy atom. The summed E-state index contributed by atoms with van der Waals surface area (Å²) in [6, 6.07) is 4.19. The van der Waals surface area contributed by atoms with E-state index in [1.54, 1.807) is 0 Å². The second kappa shape index (κ2) is 7.74. The van der Waals surface area contributed by atoms with Gasteiger partial charge in [-0.15, -0.1) is 12.4 Å². The van der Waals surface area contributed by atoms with E-state index in [0.29, 0.717) is 11.0 Å². The number of halogens is 2. The predicted octanol–water partition coefficient (Wildman–Crippen LogP) is 1.58. The van der Waals surface area contributed by atoms with E-state index in [9.17, 15) is 13.2 Å². The first-order chi connectivity index (χ1) is 9.49. The molecule has 0 radical (unpaired) electrons. The smallest absolute Gasteiger partial charge is 0.248 e. The maximum absolute atomic E-state index is 12.6. The molecule has 0 unspecified atom stereocenters. The topological polar surface area (TPSA) is 106 Å². The number of carbonyl (C=O) groups excluding carboxylic acids is 1. The number of sulfonamides is 1. The predicted molar refractivity (Wildman–Crippen MR) is 92.6 cm³/mol. The number of benzene rings is 1. The Hall–Kier alpha value is -0.670. The Morgan fingerprint density at radius 2 is 1.86 bits per heavy atom. The van der Waals surface area contributed by atoms with Gasteiger partial charge in [0, 0.05) is 23.6 Å². The normalized spacial score (nSPS) is 12.1. The SMILES string of the molecule is CN(CC(C)(C)CN)S(=O)(=O)c1cc(Br)cc(C(N)=O)c1.Cl. The lowest BCUT2D eigenvalue weighted by Gasteiger charge is -2.28. The summed E-state index contributed by atoms with van der Waals surface area (Å²) in [4.78, 5) is 11.3. The van der Waals surface area contributed by atoms with Gasteiger partial charge in [0.2, 0.25) is 15.9 Å². The van der Waals surface area contributed by atoms with Crippen LogP contribution in [0.4, 0.5) is 0 Å². The fourth-order valence-electron chi connectivity index (χ4n) is 1.79. The molecule has 0 atom stereocenters. The summed E-state index contributed by atoms with van der Waals surface area (Å²) in [6.45, 7) is 4.39. The zero-order valence-electron chi connectivity index (χ0n) is 12.7. The first-order valence-electron chi connectivity index (χ1n) is 6.26. The molecule has 0 aromatic heterocycles. The van der Waals surface area contributed by atoms with Crippen LogP contribution in [0, 0.1) is 5.41 Å². The van der Waals surface area contributed by atoms with Crippen LogP contribution < -0.4 is 11.5 Å². The van der Waals surface area contributed by atoms with Gasteiger partial charge in [0.1, 0.15) is 0 Å². The van der Waals surface area contributed by atoms with Crippen LogP contribution in [0.25, 0.3) is 0 Å². The van der Waals surface area contributed by atoms with E-state index in [2.05, 4.69) is 15.9 Å². The number of carbonyl (C=O) groups is 1. The van der Waals surface area contributed by atoms with Gasteiger partial charge in [-0.1, -0.05) is 29.8 Å². The highest BCUT2D eigenvalue weighted by molar-refractivity contribution is 9.10. The van der Waals surface area contributed by atoms with Gasteiger partial charge < -0.3 is 11.5 Å². The molecule has 9 heteroatoms. The van der Waals surface area contributed by atoms with Crippen LogP contribution in [0.5, 0.6) is 0 Å². The highest BCUT2D eigenvalue weighted by atomic mass is 79.9. The standard InChI is InChI=1S/C13H20BrN3O3S.ClH/c1-13(2,7-15)8-17(3)21(19,20)11-5-9(12(16)18)4-10(14)6-11;/h4-6H,7-8,15H2,1-3H3,(H2,16,18);1H. The molecular weight excluding hydrogens is 394 g/mol. The summed E-state index contributed by atoms with van der Waals surface area (Å²) in [7, 11) is -2.24. The molecule has 1 rings (SSSR count). The van der Waals surface area contributed by atoms with Crippen molar-refractivity contribution < 1.29 is 13.2 Å². The van der Waals surface area contributed by atoms with Crippen molar-refractivity contribution >= 4 is 44.3 Å². The van der Waals surface area contributed by atoms with Gasteiger partial charge >= 0.3 is 0 Å².